The number of fused-ring (bicyclic) bond motifs is 2. The second-order valence-electron chi connectivity index (χ2n) is 7.33. The SMILES string of the molecule is COc1cc(/C=C2\C(=N)N3OC(C)=CC3=NC2=O)cc(Br)c1OCc1ccc2c(c1)OCO2. The first kappa shape index (κ1) is 21.1. The van der Waals surface area contributed by atoms with Crippen LogP contribution in [0.1, 0.15) is 18.1 Å². The molecule has 0 saturated carbocycles. The number of hydrogen-bond acceptors (Lipinski definition) is 7. The smallest absolute Gasteiger partial charge is 0.282 e. The van der Waals surface area contributed by atoms with E-state index in [0.717, 1.165) is 5.56 Å². The maximum atomic E-state index is 12.5. The van der Waals surface area contributed by atoms with Crippen LogP contribution in [0.3, 0.4) is 0 Å². The molecule has 0 atom stereocenters. The highest BCUT2D eigenvalue weighted by atomic mass is 79.9. The van der Waals surface area contributed by atoms with E-state index in [1.807, 2.05) is 18.2 Å². The van der Waals surface area contributed by atoms with Crippen LogP contribution in [-0.2, 0) is 16.2 Å². The molecule has 10 heteroatoms. The molecule has 0 aliphatic carbocycles. The summed E-state index contributed by atoms with van der Waals surface area (Å²) in [7, 11) is 1.53. The lowest BCUT2D eigenvalue weighted by molar-refractivity contribution is -0.114. The van der Waals surface area contributed by atoms with Crippen molar-refractivity contribution in [2.45, 2.75) is 13.5 Å². The van der Waals surface area contributed by atoms with Gasteiger partial charge in [0.15, 0.2) is 34.7 Å². The summed E-state index contributed by atoms with van der Waals surface area (Å²) in [4.78, 5) is 22.0. The fourth-order valence-electron chi connectivity index (χ4n) is 3.52. The Morgan fingerprint density at radius 3 is 2.88 bits per heavy atom. The standard InChI is InChI=1S/C23H18BrN3O6/c1-12-5-20-26-23(28)15(22(25)27(20)33-12)6-14-7-16(24)21(19(9-14)29-2)30-10-13-3-4-17-18(8-13)32-11-31-17/h3-9,25H,10-11H2,1-2H3/b15-6+,25-22?. The van der Waals surface area contributed by atoms with Gasteiger partial charge in [0.2, 0.25) is 6.79 Å². The summed E-state index contributed by atoms with van der Waals surface area (Å²) in [5.41, 5.74) is 1.64. The van der Waals surface area contributed by atoms with Gasteiger partial charge in [0.1, 0.15) is 12.4 Å². The molecule has 0 saturated heterocycles. The predicted octanol–water partition coefficient (Wildman–Crippen LogP) is 4.22. The van der Waals surface area contributed by atoms with Crippen LogP contribution in [0.4, 0.5) is 0 Å². The zero-order chi connectivity index (χ0) is 23.1. The number of carbonyl (C=O) groups excluding carboxylic acids is 1. The van der Waals surface area contributed by atoms with E-state index in [1.54, 1.807) is 31.2 Å². The average molecular weight is 512 g/mol. The van der Waals surface area contributed by atoms with Crippen molar-refractivity contribution in [2.24, 2.45) is 4.99 Å². The fourth-order valence-corrected chi connectivity index (χ4v) is 4.09. The van der Waals surface area contributed by atoms with Crippen molar-refractivity contribution in [3.63, 3.8) is 0 Å². The molecule has 2 aromatic carbocycles. The summed E-state index contributed by atoms with van der Waals surface area (Å²) >= 11 is 3.52. The molecule has 0 radical (unpaired) electrons. The average Bonchev–Trinajstić information content (AvgIpc) is 3.41. The topological polar surface area (TPSA) is 103 Å². The van der Waals surface area contributed by atoms with E-state index < -0.39 is 5.91 Å². The number of hydroxylamine groups is 2. The Kier molecular flexibility index (Phi) is 5.29. The normalized spacial score (nSPS) is 17.5. The molecule has 3 aliphatic rings. The quantitative estimate of drug-likeness (QED) is 0.599. The van der Waals surface area contributed by atoms with Crippen LogP contribution in [0.2, 0.25) is 0 Å². The minimum atomic E-state index is -0.515. The third-order valence-corrected chi connectivity index (χ3v) is 5.65. The number of halogens is 1. The number of nitrogens with one attached hydrogen (secondary N) is 1. The van der Waals surface area contributed by atoms with Gasteiger partial charge in [0.25, 0.3) is 5.91 Å². The molecule has 0 fully saturated rings. The second-order valence-corrected chi connectivity index (χ2v) is 8.19. The first-order chi connectivity index (χ1) is 15.9. The van der Waals surface area contributed by atoms with Gasteiger partial charge in [0, 0.05) is 6.08 Å². The third-order valence-electron chi connectivity index (χ3n) is 5.06. The number of nitrogens with zero attached hydrogens (tertiary/aromatic N) is 2. The second kappa shape index (κ2) is 8.28. The van der Waals surface area contributed by atoms with Crippen molar-refractivity contribution in [1.29, 1.82) is 5.41 Å². The summed E-state index contributed by atoms with van der Waals surface area (Å²) in [6.45, 7) is 2.22. The van der Waals surface area contributed by atoms with E-state index in [0.29, 0.717) is 44.6 Å². The minimum Gasteiger partial charge on any atom is -0.493 e. The molecule has 5 rings (SSSR count). The Hall–Kier alpha value is -3.79. The number of methoxy groups -OCH3 is 1. The summed E-state index contributed by atoms with van der Waals surface area (Å²) in [6.07, 6.45) is 3.17. The van der Waals surface area contributed by atoms with E-state index in [9.17, 15) is 4.79 Å². The number of hydrogen-bond donors (Lipinski definition) is 1. The highest BCUT2D eigenvalue weighted by Crippen LogP contribution is 2.39. The predicted molar refractivity (Wildman–Crippen MR) is 122 cm³/mol. The highest BCUT2D eigenvalue weighted by Gasteiger charge is 2.34. The molecule has 1 amide bonds. The van der Waals surface area contributed by atoms with E-state index >= 15 is 0 Å². The van der Waals surface area contributed by atoms with Crippen molar-refractivity contribution in [2.75, 3.05) is 13.9 Å². The zero-order valence-corrected chi connectivity index (χ0v) is 19.3. The number of rotatable bonds is 5. The molecule has 0 bridgehead atoms. The van der Waals surface area contributed by atoms with Crippen LogP contribution >= 0.6 is 15.9 Å². The van der Waals surface area contributed by atoms with Gasteiger partial charge in [-0.1, -0.05) is 6.07 Å². The van der Waals surface area contributed by atoms with Gasteiger partial charge >= 0.3 is 0 Å². The molecule has 1 N–H and O–H groups in total. The maximum Gasteiger partial charge on any atom is 0.282 e. The van der Waals surface area contributed by atoms with E-state index in [1.165, 1.54) is 12.2 Å². The first-order valence-corrected chi connectivity index (χ1v) is 10.7. The molecule has 33 heavy (non-hydrogen) atoms. The van der Waals surface area contributed by atoms with Crippen LogP contribution in [0, 0.1) is 5.41 Å². The Balaban J connectivity index is 1.39. The first-order valence-electron chi connectivity index (χ1n) is 9.92. The van der Waals surface area contributed by atoms with Crippen LogP contribution in [0.25, 0.3) is 6.08 Å². The molecular formula is C23H18BrN3O6. The van der Waals surface area contributed by atoms with Crippen molar-refractivity contribution in [3.05, 3.63) is 63.3 Å². The number of ether oxygens (including phenoxy) is 4. The number of amides is 1. The van der Waals surface area contributed by atoms with Crippen LogP contribution in [0.15, 0.2) is 57.2 Å². The number of amidine groups is 2. The monoisotopic (exact) mass is 511 g/mol. The van der Waals surface area contributed by atoms with Crippen molar-refractivity contribution in [3.8, 4) is 23.0 Å². The lowest BCUT2D eigenvalue weighted by Gasteiger charge is -2.23. The van der Waals surface area contributed by atoms with Gasteiger partial charge in [-0.15, -0.1) is 5.06 Å². The molecule has 0 unspecified atom stereocenters. The molecule has 0 aromatic heterocycles. The molecule has 168 valence electrons. The van der Waals surface area contributed by atoms with Gasteiger partial charge in [-0.25, -0.2) is 0 Å². The summed E-state index contributed by atoms with van der Waals surface area (Å²) < 4.78 is 22.9. The molecular weight excluding hydrogens is 494 g/mol. The van der Waals surface area contributed by atoms with E-state index in [4.69, 9.17) is 29.2 Å². The maximum absolute atomic E-state index is 12.5. The Morgan fingerprint density at radius 1 is 1.24 bits per heavy atom. The molecule has 2 aromatic rings. The molecule has 3 heterocycles. The number of aliphatic imine (C=N–C) groups is 1. The van der Waals surface area contributed by atoms with Crippen LogP contribution in [-0.4, -0.2) is 36.5 Å². The molecule has 0 spiro atoms. The largest absolute Gasteiger partial charge is 0.493 e. The Morgan fingerprint density at radius 2 is 2.06 bits per heavy atom. The van der Waals surface area contributed by atoms with Gasteiger partial charge in [-0.3, -0.25) is 10.2 Å². The number of benzene rings is 2. The lowest BCUT2D eigenvalue weighted by Crippen LogP contribution is -2.38. The van der Waals surface area contributed by atoms with Gasteiger partial charge < -0.3 is 23.8 Å². The highest BCUT2D eigenvalue weighted by molar-refractivity contribution is 9.10. The minimum absolute atomic E-state index is 0.0867. The van der Waals surface area contributed by atoms with Crippen molar-refractivity contribution in [1.82, 2.24) is 5.06 Å². The van der Waals surface area contributed by atoms with Gasteiger partial charge in [0.05, 0.1) is 17.2 Å². The Labute approximate surface area is 197 Å². The summed E-state index contributed by atoms with van der Waals surface area (Å²) in [6, 6.07) is 9.11. The van der Waals surface area contributed by atoms with Gasteiger partial charge in [-0.2, -0.15) is 4.99 Å². The van der Waals surface area contributed by atoms with Crippen molar-refractivity contribution < 1.29 is 28.6 Å². The fraction of sp³-hybridized carbons (Fsp3) is 0.174. The van der Waals surface area contributed by atoms with Crippen LogP contribution < -0.4 is 18.9 Å². The third kappa shape index (κ3) is 3.93. The Bertz CT molecular complexity index is 1280. The number of carbonyl (C=O) groups is 1. The zero-order valence-electron chi connectivity index (χ0n) is 17.7. The molecule has 3 aliphatic heterocycles. The van der Waals surface area contributed by atoms with Crippen molar-refractivity contribution >= 4 is 39.6 Å². The van der Waals surface area contributed by atoms with E-state index in [-0.39, 0.29) is 24.8 Å². The van der Waals surface area contributed by atoms with Gasteiger partial charge in [-0.05, 0) is 64.3 Å². The number of allylic oxidation sites excluding steroid dienone is 1. The lowest BCUT2D eigenvalue weighted by atomic mass is 10.1. The summed E-state index contributed by atoms with van der Waals surface area (Å²) in [5.74, 6) is 2.61. The van der Waals surface area contributed by atoms with E-state index in [2.05, 4.69) is 20.9 Å². The van der Waals surface area contributed by atoms with Crippen LogP contribution in [0.5, 0.6) is 23.0 Å². The molecule has 9 nitrogen and oxygen atoms in total. The summed E-state index contributed by atoms with van der Waals surface area (Å²) in [5, 5.41) is 9.58.